The van der Waals surface area contributed by atoms with Gasteiger partial charge in [0.1, 0.15) is 5.75 Å². The molecule has 0 bridgehead atoms. The van der Waals surface area contributed by atoms with Gasteiger partial charge < -0.3 is 4.74 Å². The normalized spacial score (nSPS) is 10.2. The summed E-state index contributed by atoms with van der Waals surface area (Å²) in [5.41, 5.74) is 0.439. The van der Waals surface area contributed by atoms with Crippen LogP contribution in [0.25, 0.3) is 0 Å². The summed E-state index contributed by atoms with van der Waals surface area (Å²) < 4.78 is 6.09. The van der Waals surface area contributed by atoms with Crippen molar-refractivity contribution in [2.75, 3.05) is 11.9 Å². The van der Waals surface area contributed by atoms with Crippen LogP contribution in [0.3, 0.4) is 0 Å². The maximum absolute atomic E-state index is 12.2. The van der Waals surface area contributed by atoms with Gasteiger partial charge in [-0.2, -0.15) is 4.80 Å². The molecule has 0 aliphatic carbocycles. The average Bonchev–Trinajstić information content (AvgIpc) is 2.96. The quantitative estimate of drug-likeness (QED) is 0.743. The van der Waals surface area contributed by atoms with E-state index in [0.717, 1.165) is 0 Å². The van der Waals surface area contributed by atoms with E-state index in [2.05, 4.69) is 42.0 Å². The van der Waals surface area contributed by atoms with Crippen molar-refractivity contribution in [3.8, 4) is 5.75 Å². The van der Waals surface area contributed by atoms with Gasteiger partial charge in [0, 0.05) is 5.56 Å². The summed E-state index contributed by atoms with van der Waals surface area (Å²) in [4.78, 5) is 13.6. The molecule has 23 heavy (non-hydrogen) atoms. The molecule has 2 rings (SSSR count). The van der Waals surface area contributed by atoms with Crippen LogP contribution < -0.4 is 15.4 Å². The topological polar surface area (TPSA) is 94.0 Å². The van der Waals surface area contributed by atoms with E-state index in [4.69, 9.17) is 17.0 Å². The summed E-state index contributed by atoms with van der Waals surface area (Å²) in [5.74, 6) is 0.546. The second-order valence-corrected chi connectivity index (χ2v) is 5.55. The highest BCUT2D eigenvalue weighted by molar-refractivity contribution is 9.10. The molecule has 8 nitrogen and oxygen atoms in total. The van der Waals surface area contributed by atoms with E-state index in [1.54, 1.807) is 18.2 Å². The maximum Gasteiger partial charge on any atom is 0.269 e. The Bertz CT molecular complexity index is 720. The van der Waals surface area contributed by atoms with E-state index in [0.29, 0.717) is 28.9 Å². The summed E-state index contributed by atoms with van der Waals surface area (Å²) >= 11 is 8.42. The van der Waals surface area contributed by atoms with Crippen LogP contribution in [0.2, 0.25) is 0 Å². The number of halogens is 1. The predicted molar refractivity (Wildman–Crippen MR) is 92.5 cm³/mol. The molecular formula is C13H15BrN6O2S. The molecule has 0 saturated heterocycles. The number of anilines is 1. The van der Waals surface area contributed by atoms with E-state index in [-0.39, 0.29) is 17.0 Å². The number of benzene rings is 1. The third kappa shape index (κ3) is 4.70. The SMILES string of the molecule is CCOc1ccc(C(=O)NC(=S)Nc2nnn(CC)n2)cc1Br. The molecule has 0 unspecified atom stereocenters. The fourth-order valence-electron chi connectivity index (χ4n) is 1.65. The number of carbonyl (C=O) groups is 1. The van der Waals surface area contributed by atoms with Crippen LogP contribution in [0.15, 0.2) is 22.7 Å². The van der Waals surface area contributed by atoms with Crippen LogP contribution in [0.4, 0.5) is 5.95 Å². The molecule has 0 aliphatic heterocycles. The molecule has 1 aromatic carbocycles. The lowest BCUT2D eigenvalue weighted by atomic mass is 10.2. The number of tetrazole rings is 1. The number of nitrogens with zero attached hydrogens (tertiary/aromatic N) is 4. The number of thiocarbonyl (C=S) groups is 1. The van der Waals surface area contributed by atoms with Crippen molar-refractivity contribution in [2.24, 2.45) is 0 Å². The van der Waals surface area contributed by atoms with Crippen molar-refractivity contribution in [1.29, 1.82) is 0 Å². The Morgan fingerprint density at radius 2 is 2.22 bits per heavy atom. The van der Waals surface area contributed by atoms with Crippen LogP contribution in [-0.4, -0.2) is 37.8 Å². The van der Waals surface area contributed by atoms with Crippen LogP contribution >= 0.6 is 28.1 Å². The zero-order valence-corrected chi connectivity index (χ0v) is 14.9. The Morgan fingerprint density at radius 3 is 2.83 bits per heavy atom. The number of carbonyl (C=O) groups excluding carboxylic acids is 1. The van der Waals surface area contributed by atoms with Gasteiger partial charge in [0.05, 0.1) is 17.6 Å². The van der Waals surface area contributed by atoms with Gasteiger partial charge in [0.15, 0.2) is 5.11 Å². The molecule has 2 N–H and O–H groups in total. The number of rotatable bonds is 5. The highest BCUT2D eigenvalue weighted by atomic mass is 79.9. The molecule has 10 heteroatoms. The van der Waals surface area contributed by atoms with Gasteiger partial charge in [-0.25, -0.2) is 0 Å². The number of hydrogen-bond acceptors (Lipinski definition) is 6. The van der Waals surface area contributed by atoms with Gasteiger partial charge in [-0.15, -0.1) is 5.10 Å². The van der Waals surface area contributed by atoms with E-state index in [1.807, 2.05) is 13.8 Å². The highest BCUT2D eigenvalue weighted by Crippen LogP contribution is 2.25. The number of aryl methyl sites for hydroxylation is 1. The lowest BCUT2D eigenvalue weighted by Crippen LogP contribution is -2.34. The van der Waals surface area contributed by atoms with Crippen molar-refractivity contribution < 1.29 is 9.53 Å². The van der Waals surface area contributed by atoms with Gasteiger partial charge in [-0.05, 0) is 65.4 Å². The van der Waals surface area contributed by atoms with E-state index < -0.39 is 0 Å². The minimum absolute atomic E-state index is 0.0932. The van der Waals surface area contributed by atoms with Crippen molar-refractivity contribution in [2.45, 2.75) is 20.4 Å². The maximum atomic E-state index is 12.2. The van der Waals surface area contributed by atoms with Gasteiger partial charge in [-0.1, -0.05) is 5.10 Å². The minimum atomic E-state index is -0.353. The summed E-state index contributed by atoms with van der Waals surface area (Å²) in [6, 6.07) is 5.03. The molecule has 1 amide bonds. The summed E-state index contributed by atoms with van der Waals surface area (Å²) in [7, 11) is 0. The Morgan fingerprint density at radius 1 is 1.43 bits per heavy atom. The van der Waals surface area contributed by atoms with Crippen molar-refractivity contribution >= 4 is 45.1 Å². The first kappa shape index (κ1) is 17.3. The zero-order valence-electron chi connectivity index (χ0n) is 12.5. The molecule has 0 spiro atoms. The molecular weight excluding hydrogens is 384 g/mol. The lowest BCUT2D eigenvalue weighted by molar-refractivity contribution is 0.0977. The number of ether oxygens (including phenoxy) is 1. The first-order chi connectivity index (χ1) is 11.0. The van der Waals surface area contributed by atoms with E-state index in [9.17, 15) is 4.79 Å². The fraction of sp³-hybridized carbons (Fsp3) is 0.308. The monoisotopic (exact) mass is 398 g/mol. The Labute approximate surface area is 146 Å². The molecule has 1 aromatic heterocycles. The average molecular weight is 399 g/mol. The van der Waals surface area contributed by atoms with Crippen LogP contribution in [0, 0.1) is 0 Å². The largest absolute Gasteiger partial charge is 0.493 e. The van der Waals surface area contributed by atoms with Crippen molar-refractivity contribution in [1.82, 2.24) is 25.5 Å². The fourth-order valence-corrected chi connectivity index (χ4v) is 2.33. The standard InChI is InChI=1S/C13H15BrN6O2S/c1-3-20-18-12(17-19-20)16-13(23)15-11(21)8-5-6-10(22-4-2)9(14)7-8/h5-7H,3-4H2,1-2H3,(H2,15,16,18,21,23). The molecule has 2 aromatic rings. The van der Waals surface area contributed by atoms with Gasteiger partial charge in [-0.3, -0.25) is 15.4 Å². The predicted octanol–water partition coefficient (Wildman–Crippen LogP) is 1.98. The second-order valence-electron chi connectivity index (χ2n) is 4.29. The van der Waals surface area contributed by atoms with Gasteiger partial charge >= 0.3 is 0 Å². The lowest BCUT2D eigenvalue weighted by Gasteiger charge is -2.09. The van der Waals surface area contributed by atoms with Crippen molar-refractivity contribution in [3.05, 3.63) is 28.2 Å². The first-order valence-corrected chi connectivity index (χ1v) is 8.06. The third-order valence-corrected chi connectivity index (χ3v) is 3.51. The third-order valence-electron chi connectivity index (χ3n) is 2.68. The molecule has 0 atom stereocenters. The Balaban J connectivity index is 1.98. The molecule has 1 heterocycles. The summed E-state index contributed by atoms with van der Waals surface area (Å²) in [6.07, 6.45) is 0. The highest BCUT2D eigenvalue weighted by Gasteiger charge is 2.12. The minimum Gasteiger partial charge on any atom is -0.493 e. The summed E-state index contributed by atoms with van der Waals surface area (Å²) in [5, 5.41) is 16.9. The second kappa shape index (κ2) is 7.97. The summed E-state index contributed by atoms with van der Waals surface area (Å²) in [6.45, 7) is 4.91. The van der Waals surface area contributed by atoms with Crippen LogP contribution in [-0.2, 0) is 6.54 Å². The van der Waals surface area contributed by atoms with Crippen LogP contribution in [0.5, 0.6) is 5.75 Å². The van der Waals surface area contributed by atoms with Gasteiger partial charge in [0.2, 0.25) is 0 Å². The molecule has 0 aliphatic rings. The number of nitrogens with one attached hydrogen (secondary N) is 2. The van der Waals surface area contributed by atoms with Crippen molar-refractivity contribution in [3.63, 3.8) is 0 Å². The number of amides is 1. The molecule has 0 fully saturated rings. The number of hydrogen-bond donors (Lipinski definition) is 2. The zero-order chi connectivity index (χ0) is 16.8. The molecule has 122 valence electrons. The molecule has 0 radical (unpaired) electrons. The Hall–Kier alpha value is -2.07. The number of aromatic nitrogens is 4. The van der Waals surface area contributed by atoms with E-state index in [1.165, 1.54) is 4.80 Å². The van der Waals surface area contributed by atoms with Crippen LogP contribution in [0.1, 0.15) is 24.2 Å². The molecule has 0 saturated carbocycles. The Kier molecular flexibility index (Phi) is 5.99. The van der Waals surface area contributed by atoms with E-state index >= 15 is 0 Å². The smallest absolute Gasteiger partial charge is 0.269 e. The van der Waals surface area contributed by atoms with Gasteiger partial charge in [0.25, 0.3) is 11.9 Å². The first-order valence-electron chi connectivity index (χ1n) is 6.86.